The molecule has 100 valence electrons. The zero-order chi connectivity index (χ0) is 13.0. The van der Waals surface area contributed by atoms with Crippen LogP contribution in [0, 0.1) is 12.8 Å². The third-order valence-electron chi connectivity index (χ3n) is 3.89. The molecule has 0 bridgehead atoms. The lowest BCUT2D eigenvalue weighted by Gasteiger charge is -2.36. The van der Waals surface area contributed by atoms with Crippen LogP contribution in [0.5, 0.6) is 0 Å². The van der Waals surface area contributed by atoms with Gasteiger partial charge in [0.2, 0.25) is 0 Å². The average molecular weight is 247 g/mol. The summed E-state index contributed by atoms with van der Waals surface area (Å²) in [7, 11) is 0. The highest BCUT2D eigenvalue weighted by Crippen LogP contribution is 2.23. The fourth-order valence-corrected chi connectivity index (χ4v) is 2.82. The number of piperidine rings is 1. The van der Waals surface area contributed by atoms with E-state index in [1.165, 1.54) is 12.8 Å². The van der Waals surface area contributed by atoms with Crippen molar-refractivity contribution < 1.29 is 0 Å². The number of rotatable bonds is 4. The van der Waals surface area contributed by atoms with Crippen molar-refractivity contribution in [3.8, 4) is 0 Å². The van der Waals surface area contributed by atoms with E-state index in [2.05, 4.69) is 54.2 Å². The average Bonchev–Trinajstić information content (AvgIpc) is 2.39. The summed E-state index contributed by atoms with van der Waals surface area (Å²) >= 11 is 0. The van der Waals surface area contributed by atoms with Gasteiger partial charge in [-0.15, -0.1) is 0 Å². The SMILES string of the molecule is CCNC(C)C1CCCN(c2cccc(C)n2)C1. The van der Waals surface area contributed by atoms with Crippen molar-refractivity contribution >= 4 is 5.82 Å². The van der Waals surface area contributed by atoms with Crippen LogP contribution >= 0.6 is 0 Å². The van der Waals surface area contributed by atoms with Gasteiger partial charge in [0.05, 0.1) is 0 Å². The van der Waals surface area contributed by atoms with Crippen LogP contribution in [0.2, 0.25) is 0 Å². The van der Waals surface area contributed by atoms with Crippen molar-refractivity contribution in [1.82, 2.24) is 10.3 Å². The molecular weight excluding hydrogens is 222 g/mol. The number of aryl methyl sites for hydroxylation is 1. The van der Waals surface area contributed by atoms with Gasteiger partial charge in [-0.3, -0.25) is 0 Å². The van der Waals surface area contributed by atoms with Gasteiger partial charge >= 0.3 is 0 Å². The molecule has 1 saturated heterocycles. The predicted molar refractivity (Wildman–Crippen MR) is 77.0 cm³/mol. The quantitative estimate of drug-likeness (QED) is 0.886. The van der Waals surface area contributed by atoms with Crippen LogP contribution in [0.25, 0.3) is 0 Å². The van der Waals surface area contributed by atoms with Gasteiger partial charge in [0.15, 0.2) is 0 Å². The van der Waals surface area contributed by atoms with Gasteiger partial charge in [0.1, 0.15) is 5.82 Å². The highest BCUT2D eigenvalue weighted by molar-refractivity contribution is 5.39. The molecule has 1 fully saturated rings. The molecule has 2 atom stereocenters. The van der Waals surface area contributed by atoms with Gasteiger partial charge in [-0.2, -0.15) is 0 Å². The summed E-state index contributed by atoms with van der Waals surface area (Å²) in [4.78, 5) is 7.08. The van der Waals surface area contributed by atoms with Crippen LogP contribution in [0.3, 0.4) is 0 Å². The lowest BCUT2D eigenvalue weighted by Crippen LogP contribution is -2.44. The molecule has 3 heteroatoms. The molecule has 0 saturated carbocycles. The van der Waals surface area contributed by atoms with E-state index in [0.717, 1.165) is 37.1 Å². The maximum Gasteiger partial charge on any atom is 0.128 e. The van der Waals surface area contributed by atoms with Crippen molar-refractivity contribution in [3.05, 3.63) is 23.9 Å². The summed E-state index contributed by atoms with van der Waals surface area (Å²) in [6.07, 6.45) is 2.60. The minimum atomic E-state index is 0.600. The molecule has 2 unspecified atom stereocenters. The lowest BCUT2D eigenvalue weighted by atomic mass is 9.91. The second-order valence-corrected chi connectivity index (χ2v) is 5.33. The van der Waals surface area contributed by atoms with E-state index < -0.39 is 0 Å². The van der Waals surface area contributed by atoms with E-state index in [0.29, 0.717) is 6.04 Å². The minimum absolute atomic E-state index is 0.600. The number of nitrogens with zero attached hydrogens (tertiary/aromatic N) is 2. The van der Waals surface area contributed by atoms with Gasteiger partial charge in [-0.25, -0.2) is 4.98 Å². The Bertz CT molecular complexity index is 378. The summed E-state index contributed by atoms with van der Waals surface area (Å²) in [5, 5.41) is 3.55. The first-order valence-electron chi connectivity index (χ1n) is 7.12. The third kappa shape index (κ3) is 3.22. The lowest BCUT2D eigenvalue weighted by molar-refractivity contribution is 0.323. The summed E-state index contributed by atoms with van der Waals surface area (Å²) < 4.78 is 0. The molecule has 2 rings (SSSR count). The topological polar surface area (TPSA) is 28.2 Å². The molecule has 1 aliphatic heterocycles. The second-order valence-electron chi connectivity index (χ2n) is 5.33. The Kier molecular flexibility index (Phi) is 4.59. The standard InChI is InChI=1S/C15H25N3/c1-4-16-13(3)14-8-6-10-18(11-14)15-9-5-7-12(2)17-15/h5,7,9,13-14,16H,4,6,8,10-11H2,1-3H3. The molecule has 1 aliphatic rings. The Morgan fingerprint density at radius 2 is 2.33 bits per heavy atom. The van der Waals surface area contributed by atoms with Gasteiger partial charge in [0.25, 0.3) is 0 Å². The maximum absolute atomic E-state index is 4.64. The fourth-order valence-electron chi connectivity index (χ4n) is 2.82. The van der Waals surface area contributed by atoms with Crippen LogP contribution < -0.4 is 10.2 Å². The first-order valence-corrected chi connectivity index (χ1v) is 7.12. The molecule has 1 N–H and O–H groups in total. The molecule has 0 amide bonds. The van der Waals surface area contributed by atoms with Crippen molar-refractivity contribution in [1.29, 1.82) is 0 Å². The first kappa shape index (κ1) is 13.3. The molecule has 18 heavy (non-hydrogen) atoms. The maximum atomic E-state index is 4.64. The van der Waals surface area contributed by atoms with Crippen LogP contribution in [0.1, 0.15) is 32.4 Å². The van der Waals surface area contributed by atoms with Gasteiger partial charge in [-0.05, 0) is 51.3 Å². The van der Waals surface area contributed by atoms with E-state index in [9.17, 15) is 0 Å². The van der Waals surface area contributed by atoms with Crippen LogP contribution in [0.4, 0.5) is 5.82 Å². The number of hydrogen-bond acceptors (Lipinski definition) is 3. The zero-order valence-electron chi connectivity index (χ0n) is 11.8. The number of anilines is 1. The molecule has 0 aliphatic carbocycles. The Hall–Kier alpha value is -1.09. The third-order valence-corrected chi connectivity index (χ3v) is 3.89. The summed E-state index contributed by atoms with van der Waals surface area (Å²) in [6.45, 7) is 9.88. The largest absolute Gasteiger partial charge is 0.356 e. The van der Waals surface area contributed by atoms with E-state index in [1.54, 1.807) is 0 Å². The highest BCUT2D eigenvalue weighted by Gasteiger charge is 2.24. The van der Waals surface area contributed by atoms with Crippen molar-refractivity contribution in [3.63, 3.8) is 0 Å². The Labute approximate surface area is 111 Å². The highest BCUT2D eigenvalue weighted by atomic mass is 15.2. The fraction of sp³-hybridized carbons (Fsp3) is 0.667. The van der Waals surface area contributed by atoms with Crippen LogP contribution in [-0.2, 0) is 0 Å². The smallest absolute Gasteiger partial charge is 0.128 e. The molecule has 3 nitrogen and oxygen atoms in total. The van der Waals surface area contributed by atoms with Crippen molar-refractivity contribution in [2.24, 2.45) is 5.92 Å². The van der Waals surface area contributed by atoms with Crippen molar-refractivity contribution in [2.45, 2.75) is 39.7 Å². The van der Waals surface area contributed by atoms with Gasteiger partial charge < -0.3 is 10.2 Å². The van der Waals surface area contributed by atoms with Gasteiger partial charge in [0, 0.05) is 24.8 Å². The molecule has 0 radical (unpaired) electrons. The normalized spacial score (nSPS) is 21.9. The number of nitrogens with one attached hydrogen (secondary N) is 1. The Morgan fingerprint density at radius 1 is 1.50 bits per heavy atom. The first-order chi connectivity index (χ1) is 8.70. The minimum Gasteiger partial charge on any atom is -0.356 e. The van der Waals surface area contributed by atoms with E-state index in [4.69, 9.17) is 0 Å². The Balaban J connectivity index is 2.02. The van der Waals surface area contributed by atoms with E-state index >= 15 is 0 Å². The monoisotopic (exact) mass is 247 g/mol. The summed E-state index contributed by atoms with van der Waals surface area (Å²) in [6, 6.07) is 6.90. The van der Waals surface area contributed by atoms with Crippen molar-refractivity contribution in [2.75, 3.05) is 24.5 Å². The predicted octanol–water partition coefficient (Wildman–Crippen LogP) is 2.60. The zero-order valence-corrected chi connectivity index (χ0v) is 11.8. The number of pyridine rings is 1. The summed E-state index contributed by atoms with van der Waals surface area (Å²) in [5.74, 6) is 1.88. The molecule has 2 heterocycles. The van der Waals surface area contributed by atoms with Crippen LogP contribution in [-0.4, -0.2) is 30.7 Å². The number of aromatic nitrogens is 1. The molecule has 0 spiro atoms. The van der Waals surface area contributed by atoms with Gasteiger partial charge in [-0.1, -0.05) is 13.0 Å². The molecule has 0 aromatic carbocycles. The van der Waals surface area contributed by atoms with Crippen LogP contribution in [0.15, 0.2) is 18.2 Å². The number of hydrogen-bond donors (Lipinski definition) is 1. The molecular formula is C15H25N3. The Morgan fingerprint density at radius 3 is 3.06 bits per heavy atom. The molecule has 1 aromatic rings. The molecule has 1 aromatic heterocycles. The van der Waals surface area contributed by atoms with E-state index in [1.807, 2.05) is 0 Å². The second kappa shape index (κ2) is 6.19. The summed E-state index contributed by atoms with van der Waals surface area (Å²) in [5.41, 5.74) is 1.11. The van der Waals surface area contributed by atoms with E-state index in [-0.39, 0.29) is 0 Å².